The average Bonchev–Trinajstić information content (AvgIpc) is 2.29. The van der Waals surface area contributed by atoms with Gasteiger partial charge in [-0.1, -0.05) is 6.08 Å². The van der Waals surface area contributed by atoms with Gasteiger partial charge in [0.05, 0.1) is 11.7 Å². The lowest BCUT2D eigenvalue weighted by atomic mass is 9.87. The van der Waals surface area contributed by atoms with Crippen molar-refractivity contribution in [2.45, 2.75) is 44.6 Å². The third kappa shape index (κ3) is 5.18. The number of hydrogen-bond acceptors (Lipinski definition) is 3. The zero-order valence-electron chi connectivity index (χ0n) is 10.5. The second-order valence-corrected chi connectivity index (χ2v) is 6.63. The van der Waals surface area contributed by atoms with E-state index in [0.29, 0.717) is 38.5 Å². The lowest BCUT2D eigenvalue weighted by Gasteiger charge is -2.26. The molecule has 0 unspecified atom stereocenters. The van der Waals surface area contributed by atoms with E-state index in [9.17, 15) is 13.2 Å². The molecule has 0 heterocycles. The number of unbranched alkanes of at least 4 members (excludes halogenated alkanes) is 1. The molecule has 1 aliphatic carbocycles. The van der Waals surface area contributed by atoms with Gasteiger partial charge in [-0.2, -0.15) is 0 Å². The van der Waals surface area contributed by atoms with E-state index in [1.807, 2.05) is 0 Å². The maximum Gasteiger partial charge on any atom is 0.306 e. The number of rotatable bonds is 7. The summed E-state index contributed by atoms with van der Waals surface area (Å²) < 4.78 is 26.1. The van der Waals surface area contributed by atoms with Crippen LogP contribution in [0.2, 0.25) is 0 Å². The smallest absolute Gasteiger partial charge is 0.306 e. The molecule has 6 heteroatoms. The van der Waals surface area contributed by atoms with Crippen LogP contribution in [-0.2, 0) is 14.8 Å². The Kier molecular flexibility index (Phi) is 5.81. The minimum Gasteiger partial charge on any atom is -0.481 e. The van der Waals surface area contributed by atoms with Crippen LogP contribution in [0, 0.1) is 5.92 Å². The number of aliphatic carboxylic acids is 1. The van der Waals surface area contributed by atoms with Crippen molar-refractivity contribution in [2.24, 2.45) is 5.92 Å². The van der Waals surface area contributed by atoms with Crippen LogP contribution in [0.4, 0.5) is 0 Å². The molecule has 104 valence electrons. The predicted molar refractivity (Wildman–Crippen MR) is 69.7 cm³/mol. The largest absolute Gasteiger partial charge is 0.481 e. The lowest BCUT2D eigenvalue weighted by molar-refractivity contribution is -0.142. The van der Waals surface area contributed by atoms with Gasteiger partial charge in [-0.05, 0) is 38.5 Å². The van der Waals surface area contributed by atoms with E-state index < -0.39 is 16.0 Å². The van der Waals surface area contributed by atoms with Gasteiger partial charge in [0.15, 0.2) is 0 Å². The molecule has 1 aliphatic rings. The first kappa shape index (κ1) is 15.2. The minimum atomic E-state index is -3.24. The molecule has 1 fully saturated rings. The zero-order valence-corrected chi connectivity index (χ0v) is 11.3. The van der Waals surface area contributed by atoms with E-state index >= 15 is 0 Å². The summed E-state index contributed by atoms with van der Waals surface area (Å²) >= 11 is 0. The summed E-state index contributed by atoms with van der Waals surface area (Å²) in [6.45, 7) is 3.55. The molecule has 0 radical (unpaired) electrons. The maximum atomic E-state index is 11.7. The van der Waals surface area contributed by atoms with Crippen LogP contribution < -0.4 is 4.72 Å². The number of hydrogen-bond donors (Lipinski definition) is 2. The van der Waals surface area contributed by atoms with Gasteiger partial charge in [0.25, 0.3) is 0 Å². The number of sulfonamides is 1. The number of nitrogens with one attached hydrogen (secondary N) is 1. The molecule has 1 rings (SSSR count). The molecular formula is C12H21NO4S. The highest BCUT2D eigenvalue weighted by atomic mass is 32.2. The molecule has 2 N–H and O–H groups in total. The van der Waals surface area contributed by atoms with E-state index in [2.05, 4.69) is 11.3 Å². The molecule has 0 aliphatic heterocycles. The Morgan fingerprint density at radius 1 is 1.33 bits per heavy atom. The zero-order chi connectivity index (χ0) is 13.6. The van der Waals surface area contributed by atoms with Gasteiger partial charge in [-0.3, -0.25) is 4.79 Å². The SMILES string of the molecule is C=CCCCS(=O)(=O)NC1CCC(C(=O)O)CC1. The highest BCUT2D eigenvalue weighted by Gasteiger charge is 2.27. The molecule has 0 bridgehead atoms. The van der Waals surface area contributed by atoms with E-state index in [4.69, 9.17) is 5.11 Å². The van der Waals surface area contributed by atoms with Crippen LogP contribution >= 0.6 is 0 Å². The molecule has 1 saturated carbocycles. The van der Waals surface area contributed by atoms with Gasteiger partial charge < -0.3 is 5.11 Å². The number of carbonyl (C=O) groups is 1. The van der Waals surface area contributed by atoms with Gasteiger partial charge >= 0.3 is 5.97 Å². The Bertz CT molecular complexity index is 383. The van der Waals surface area contributed by atoms with Gasteiger partial charge in [0, 0.05) is 6.04 Å². The van der Waals surface area contributed by atoms with Gasteiger partial charge in [-0.15, -0.1) is 6.58 Å². The van der Waals surface area contributed by atoms with Crippen LogP contribution in [0.25, 0.3) is 0 Å². The third-order valence-corrected chi connectivity index (χ3v) is 4.76. The fraction of sp³-hybridized carbons (Fsp3) is 0.750. The van der Waals surface area contributed by atoms with E-state index in [1.54, 1.807) is 6.08 Å². The summed E-state index contributed by atoms with van der Waals surface area (Å²) in [7, 11) is -3.24. The van der Waals surface area contributed by atoms with Gasteiger partial charge in [0.1, 0.15) is 0 Å². The Morgan fingerprint density at radius 2 is 1.94 bits per heavy atom. The molecule has 0 saturated heterocycles. The lowest BCUT2D eigenvalue weighted by Crippen LogP contribution is -2.39. The van der Waals surface area contributed by atoms with E-state index in [-0.39, 0.29) is 17.7 Å². The molecule has 0 aromatic carbocycles. The molecule has 0 spiro atoms. The standard InChI is InChI=1S/C12H21NO4S/c1-2-3-4-9-18(16,17)13-11-7-5-10(6-8-11)12(14)15/h2,10-11,13H,1,3-9H2,(H,14,15). The molecular weight excluding hydrogens is 254 g/mol. The van der Waals surface area contributed by atoms with Crippen LogP contribution in [0.3, 0.4) is 0 Å². The van der Waals surface area contributed by atoms with Crippen LogP contribution in [-0.4, -0.2) is 31.3 Å². The number of carboxylic acid groups (broad SMARTS) is 1. The molecule has 5 nitrogen and oxygen atoms in total. The van der Waals surface area contributed by atoms with Crippen molar-refractivity contribution < 1.29 is 18.3 Å². The summed E-state index contributed by atoms with van der Waals surface area (Å²) in [6.07, 6.45) is 5.28. The quantitative estimate of drug-likeness (QED) is 0.545. The number of allylic oxidation sites excluding steroid dienone is 1. The van der Waals surface area contributed by atoms with Gasteiger partial charge in [-0.25, -0.2) is 13.1 Å². The van der Waals surface area contributed by atoms with E-state index in [0.717, 1.165) is 0 Å². The normalized spacial score (nSPS) is 24.7. The van der Waals surface area contributed by atoms with Crippen molar-refractivity contribution in [3.8, 4) is 0 Å². The Morgan fingerprint density at radius 3 is 2.44 bits per heavy atom. The monoisotopic (exact) mass is 275 g/mol. The highest BCUT2D eigenvalue weighted by Crippen LogP contribution is 2.24. The van der Waals surface area contributed by atoms with Crippen LogP contribution in [0.1, 0.15) is 38.5 Å². The number of carboxylic acids is 1. The fourth-order valence-electron chi connectivity index (χ4n) is 2.19. The molecule has 0 amide bonds. The predicted octanol–water partition coefficient (Wildman–Crippen LogP) is 1.52. The third-order valence-electron chi connectivity index (χ3n) is 3.24. The van der Waals surface area contributed by atoms with Crippen LogP contribution in [0.5, 0.6) is 0 Å². The van der Waals surface area contributed by atoms with Crippen molar-refractivity contribution in [2.75, 3.05) is 5.75 Å². The summed E-state index contributed by atoms with van der Waals surface area (Å²) in [5, 5.41) is 8.85. The summed E-state index contributed by atoms with van der Waals surface area (Å²) in [6, 6.07) is -0.102. The van der Waals surface area contributed by atoms with Crippen molar-refractivity contribution >= 4 is 16.0 Å². The Hall–Kier alpha value is -0.880. The van der Waals surface area contributed by atoms with Crippen LogP contribution in [0.15, 0.2) is 12.7 Å². The topological polar surface area (TPSA) is 83.5 Å². The molecule has 0 aromatic rings. The maximum absolute atomic E-state index is 11.7. The van der Waals surface area contributed by atoms with E-state index in [1.165, 1.54) is 0 Å². The first-order valence-electron chi connectivity index (χ1n) is 6.28. The summed E-state index contributed by atoms with van der Waals surface area (Å²) in [4.78, 5) is 10.8. The summed E-state index contributed by atoms with van der Waals surface area (Å²) in [5.41, 5.74) is 0. The second kappa shape index (κ2) is 6.89. The fourth-order valence-corrected chi connectivity index (χ4v) is 3.60. The Labute approximate surface area is 108 Å². The van der Waals surface area contributed by atoms with Crippen molar-refractivity contribution in [3.05, 3.63) is 12.7 Å². The van der Waals surface area contributed by atoms with Crippen molar-refractivity contribution in [1.29, 1.82) is 0 Å². The minimum absolute atomic E-state index is 0.102. The molecule has 18 heavy (non-hydrogen) atoms. The molecule has 0 atom stereocenters. The molecule has 0 aromatic heterocycles. The van der Waals surface area contributed by atoms with Crippen molar-refractivity contribution in [1.82, 2.24) is 4.72 Å². The summed E-state index contributed by atoms with van der Waals surface area (Å²) in [5.74, 6) is -0.980. The highest BCUT2D eigenvalue weighted by molar-refractivity contribution is 7.89. The Balaban J connectivity index is 2.35. The second-order valence-electron chi connectivity index (χ2n) is 4.75. The van der Waals surface area contributed by atoms with Gasteiger partial charge in [0.2, 0.25) is 10.0 Å². The first-order chi connectivity index (χ1) is 8.44. The average molecular weight is 275 g/mol. The van der Waals surface area contributed by atoms with Crippen molar-refractivity contribution in [3.63, 3.8) is 0 Å². The first-order valence-corrected chi connectivity index (χ1v) is 7.93.